The molecule has 0 spiro atoms. The molecule has 2 N–H and O–H groups in total. The lowest BCUT2D eigenvalue weighted by atomic mass is 10.1. The number of fused-ring (bicyclic) bond motifs is 1. The van der Waals surface area contributed by atoms with Gasteiger partial charge in [0.05, 0.1) is 12.6 Å². The first-order chi connectivity index (χ1) is 8.04. The van der Waals surface area contributed by atoms with E-state index in [2.05, 4.69) is 0 Å². The van der Waals surface area contributed by atoms with Crippen molar-refractivity contribution in [2.75, 3.05) is 13.0 Å². The van der Waals surface area contributed by atoms with Crippen molar-refractivity contribution in [1.82, 2.24) is 4.68 Å². The van der Waals surface area contributed by atoms with Crippen LogP contribution in [-0.2, 0) is 0 Å². The topological polar surface area (TPSA) is 57.2 Å². The molecule has 2 aromatic rings. The molecule has 0 amide bonds. The predicted octanol–water partition coefficient (Wildman–Crippen LogP) is 2.20. The summed E-state index contributed by atoms with van der Waals surface area (Å²) >= 11 is 0. The fraction of sp³-hybridized carbons (Fsp3) is 0.308. The molecule has 0 fully saturated rings. The number of nitrogens with zero attached hydrogens (tertiary/aromatic N) is 1. The summed E-state index contributed by atoms with van der Waals surface area (Å²) in [7, 11) is 1.61. The first kappa shape index (κ1) is 11.5. The summed E-state index contributed by atoms with van der Waals surface area (Å²) in [6, 6.07) is 7.36. The molecule has 0 aliphatic carbocycles. The molecule has 0 unspecified atom stereocenters. The van der Waals surface area contributed by atoms with Gasteiger partial charge in [-0.2, -0.15) is 0 Å². The van der Waals surface area contributed by atoms with E-state index in [-0.39, 0.29) is 11.7 Å². The minimum Gasteiger partial charge on any atom is -0.497 e. The molecule has 0 aliphatic heterocycles. The molecule has 1 aromatic carbocycles. The lowest BCUT2D eigenvalue weighted by Gasteiger charge is -2.05. The van der Waals surface area contributed by atoms with Crippen molar-refractivity contribution in [1.29, 1.82) is 0 Å². The highest BCUT2D eigenvalue weighted by Crippen LogP contribution is 2.24. The van der Waals surface area contributed by atoms with Crippen LogP contribution in [0.5, 0.6) is 5.75 Å². The van der Waals surface area contributed by atoms with E-state index in [1.165, 1.54) is 4.68 Å². The zero-order valence-electron chi connectivity index (χ0n) is 10.2. The molecule has 1 aromatic heterocycles. The molecule has 17 heavy (non-hydrogen) atoms. The average molecular weight is 232 g/mol. The Morgan fingerprint density at radius 2 is 2.06 bits per heavy atom. The lowest BCUT2D eigenvalue weighted by Crippen LogP contribution is -2.19. The van der Waals surface area contributed by atoms with Crippen LogP contribution >= 0.6 is 0 Å². The molecule has 4 nitrogen and oxygen atoms in total. The summed E-state index contributed by atoms with van der Waals surface area (Å²) < 4.78 is 6.59. The second kappa shape index (κ2) is 4.13. The molecule has 0 saturated heterocycles. The van der Waals surface area contributed by atoms with Crippen molar-refractivity contribution in [2.45, 2.75) is 13.8 Å². The van der Waals surface area contributed by atoms with Crippen molar-refractivity contribution < 1.29 is 9.53 Å². The predicted molar refractivity (Wildman–Crippen MR) is 67.8 cm³/mol. The highest BCUT2D eigenvalue weighted by atomic mass is 16.5. The highest BCUT2D eigenvalue weighted by molar-refractivity contribution is 6.01. The largest absolute Gasteiger partial charge is 0.497 e. The minimum absolute atomic E-state index is 0.0441. The molecule has 0 radical (unpaired) electrons. The summed E-state index contributed by atoms with van der Waals surface area (Å²) in [5.41, 5.74) is 1.36. The molecule has 4 heteroatoms. The summed E-state index contributed by atoms with van der Waals surface area (Å²) in [6.07, 6.45) is 0. The molecule has 0 aliphatic rings. The van der Waals surface area contributed by atoms with Crippen molar-refractivity contribution >= 4 is 16.7 Å². The number of nitrogen functional groups attached to an aromatic ring is 1. The Balaban J connectivity index is 2.60. The number of rotatable bonds is 3. The lowest BCUT2D eigenvalue weighted by molar-refractivity contribution is 0.0932. The number of methoxy groups -OCH3 is 1. The number of aromatic nitrogens is 1. The van der Waals surface area contributed by atoms with Crippen LogP contribution in [0.1, 0.15) is 24.3 Å². The number of carbonyl (C=O) groups excluding carboxylic acids is 1. The number of Topliss-reactive ketones (excluding diaryl/α,β-unsaturated/α-hetero) is 1. The van der Waals surface area contributed by atoms with Crippen LogP contribution < -0.4 is 10.6 Å². The monoisotopic (exact) mass is 232 g/mol. The van der Waals surface area contributed by atoms with Crippen molar-refractivity contribution in [2.24, 2.45) is 5.92 Å². The second-order valence-electron chi connectivity index (χ2n) is 4.34. The number of ether oxygens (including phenoxy) is 1. The van der Waals surface area contributed by atoms with Gasteiger partial charge in [-0.15, -0.1) is 0 Å². The first-order valence-corrected chi connectivity index (χ1v) is 5.53. The van der Waals surface area contributed by atoms with Gasteiger partial charge >= 0.3 is 0 Å². The summed E-state index contributed by atoms with van der Waals surface area (Å²) in [5.74, 6) is 6.66. The van der Waals surface area contributed by atoms with Gasteiger partial charge < -0.3 is 10.6 Å². The maximum atomic E-state index is 12.0. The van der Waals surface area contributed by atoms with Crippen LogP contribution in [0.2, 0.25) is 0 Å². The van der Waals surface area contributed by atoms with E-state index in [4.69, 9.17) is 10.6 Å². The van der Waals surface area contributed by atoms with Gasteiger partial charge in [-0.1, -0.05) is 13.8 Å². The normalized spacial score (nSPS) is 11.1. The summed E-state index contributed by atoms with van der Waals surface area (Å²) in [5, 5.41) is 0.913. The number of nitrogens with two attached hydrogens (primary N) is 1. The summed E-state index contributed by atoms with van der Waals surface area (Å²) in [4.78, 5) is 12.0. The number of hydrogen-bond acceptors (Lipinski definition) is 3. The summed E-state index contributed by atoms with van der Waals surface area (Å²) in [6.45, 7) is 3.72. The number of hydrogen-bond donors (Lipinski definition) is 1. The zero-order valence-corrected chi connectivity index (χ0v) is 10.2. The average Bonchev–Trinajstić information content (AvgIpc) is 2.65. The van der Waals surface area contributed by atoms with E-state index in [1.807, 2.05) is 32.0 Å². The maximum absolute atomic E-state index is 12.0. The van der Waals surface area contributed by atoms with Crippen molar-refractivity contribution in [3.05, 3.63) is 30.0 Å². The van der Waals surface area contributed by atoms with E-state index in [1.54, 1.807) is 13.2 Å². The standard InChI is InChI=1S/C13H16N2O2/c1-8(2)13(16)12-7-9-6-10(17-3)4-5-11(9)15(12)14/h4-8H,14H2,1-3H3. The molecule has 2 rings (SSSR count). The van der Waals surface area contributed by atoms with Gasteiger partial charge in [-0.3, -0.25) is 9.47 Å². The molecule has 0 atom stereocenters. The Morgan fingerprint density at radius 3 is 2.65 bits per heavy atom. The van der Waals surface area contributed by atoms with Gasteiger partial charge in [-0.25, -0.2) is 0 Å². The zero-order chi connectivity index (χ0) is 12.6. The van der Waals surface area contributed by atoms with Gasteiger partial charge in [0.25, 0.3) is 0 Å². The smallest absolute Gasteiger partial charge is 0.183 e. The van der Waals surface area contributed by atoms with Gasteiger partial charge in [0.15, 0.2) is 5.78 Å². The third-order valence-electron chi connectivity index (χ3n) is 2.82. The Bertz CT molecular complexity index is 570. The molecular formula is C13H16N2O2. The highest BCUT2D eigenvalue weighted by Gasteiger charge is 2.17. The third kappa shape index (κ3) is 1.86. The molecule has 0 bridgehead atoms. The number of ketones is 1. The Morgan fingerprint density at radius 1 is 1.35 bits per heavy atom. The van der Waals surface area contributed by atoms with E-state index < -0.39 is 0 Å². The van der Waals surface area contributed by atoms with Crippen LogP contribution in [0.15, 0.2) is 24.3 Å². The van der Waals surface area contributed by atoms with E-state index >= 15 is 0 Å². The van der Waals surface area contributed by atoms with E-state index in [0.717, 1.165) is 16.7 Å². The molecule has 1 heterocycles. The Hall–Kier alpha value is -1.97. The van der Waals surface area contributed by atoms with Crippen LogP contribution in [0.3, 0.4) is 0 Å². The van der Waals surface area contributed by atoms with Crippen LogP contribution in [-0.4, -0.2) is 17.6 Å². The van der Waals surface area contributed by atoms with Gasteiger partial charge in [0.2, 0.25) is 0 Å². The molecule has 0 saturated carbocycles. The van der Waals surface area contributed by atoms with Crippen molar-refractivity contribution in [3.63, 3.8) is 0 Å². The van der Waals surface area contributed by atoms with Crippen LogP contribution in [0.4, 0.5) is 0 Å². The second-order valence-corrected chi connectivity index (χ2v) is 4.34. The number of benzene rings is 1. The van der Waals surface area contributed by atoms with Gasteiger partial charge in [-0.05, 0) is 24.3 Å². The molecule has 90 valence electrons. The first-order valence-electron chi connectivity index (χ1n) is 5.53. The SMILES string of the molecule is COc1ccc2c(c1)cc(C(=O)C(C)C)n2N. The third-order valence-corrected chi connectivity index (χ3v) is 2.82. The Kier molecular flexibility index (Phi) is 2.79. The van der Waals surface area contributed by atoms with Crippen LogP contribution in [0.25, 0.3) is 10.9 Å². The van der Waals surface area contributed by atoms with Gasteiger partial charge in [0.1, 0.15) is 11.4 Å². The van der Waals surface area contributed by atoms with Crippen molar-refractivity contribution in [3.8, 4) is 5.75 Å². The van der Waals surface area contributed by atoms with E-state index in [0.29, 0.717) is 5.69 Å². The minimum atomic E-state index is -0.0662. The number of carbonyl (C=O) groups is 1. The van der Waals surface area contributed by atoms with Gasteiger partial charge in [0, 0.05) is 11.3 Å². The molecular weight excluding hydrogens is 216 g/mol. The Labute approximate surface area is 99.9 Å². The fourth-order valence-corrected chi connectivity index (χ4v) is 1.83. The quantitative estimate of drug-likeness (QED) is 0.652. The maximum Gasteiger partial charge on any atom is 0.183 e. The fourth-order valence-electron chi connectivity index (χ4n) is 1.83. The van der Waals surface area contributed by atoms with E-state index in [9.17, 15) is 4.79 Å². The van der Waals surface area contributed by atoms with Crippen LogP contribution in [0, 0.1) is 5.92 Å².